The van der Waals surface area contributed by atoms with Crippen molar-refractivity contribution in [3.05, 3.63) is 82.2 Å². The van der Waals surface area contributed by atoms with Crippen LogP contribution in [0, 0.1) is 11.3 Å². The number of anilines is 1. The maximum absolute atomic E-state index is 12.3. The Balaban J connectivity index is 1.71. The van der Waals surface area contributed by atoms with E-state index in [1.54, 1.807) is 30.0 Å². The number of halogens is 1. The lowest BCUT2D eigenvalue weighted by molar-refractivity contribution is -0.112. The Morgan fingerprint density at radius 2 is 1.81 bits per heavy atom. The molecule has 6 heteroatoms. The Morgan fingerprint density at radius 3 is 2.50 bits per heavy atom. The lowest BCUT2D eigenvalue weighted by Gasteiger charge is -2.03. The highest BCUT2D eigenvalue weighted by Gasteiger charge is 2.10. The van der Waals surface area contributed by atoms with E-state index in [1.807, 2.05) is 60.7 Å². The highest BCUT2D eigenvalue weighted by molar-refractivity contribution is 8.01. The Hall–Kier alpha value is -2.52. The normalized spacial score (nSPS) is 11.0. The summed E-state index contributed by atoms with van der Waals surface area (Å²) in [5.41, 5.74) is 0.725. The second kappa shape index (κ2) is 8.72. The molecule has 0 radical (unpaired) electrons. The molecule has 0 aliphatic heterocycles. The molecule has 3 nitrogen and oxygen atoms in total. The van der Waals surface area contributed by atoms with E-state index in [0.29, 0.717) is 10.7 Å². The average Bonchev–Trinajstić information content (AvgIpc) is 3.09. The topological polar surface area (TPSA) is 52.9 Å². The van der Waals surface area contributed by atoms with Crippen molar-refractivity contribution in [1.29, 1.82) is 5.26 Å². The van der Waals surface area contributed by atoms with Crippen molar-refractivity contribution in [1.82, 2.24) is 0 Å². The molecule has 0 spiro atoms. The molecular formula is C20H13ClN2OS2. The number of thiophene rings is 1. The zero-order valence-corrected chi connectivity index (χ0v) is 15.9. The van der Waals surface area contributed by atoms with Gasteiger partial charge in [0.25, 0.3) is 5.91 Å². The van der Waals surface area contributed by atoms with Gasteiger partial charge in [-0.15, -0.1) is 11.3 Å². The molecule has 0 saturated carbocycles. The van der Waals surface area contributed by atoms with Crippen LogP contribution in [0.15, 0.2) is 81.4 Å². The van der Waals surface area contributed by atoms with Gasteiger partial charge in [0.2, 0.25) is 0 Å². The lowest BCUT2D eigenvalue weighted by atomic mass is 10.2. The molecule has 3 rings (SSSR count). The van der Waals surface area contributed by atoms with Crippen LogP contribution in [-0.4, -0.2) is 5.91 Å². The van der Waals surface area contributed by atoms with Crippen LogP contribution in [0.4, 0.5) is 5.69 Å². The Morgan fingerprint density at radius 1 is 1.08 bits per heavy atom. The van der Waals surface area contributed by atoms with E-state index in [4.69, 9.17) is 11.6 Å². The van der Waals surface area contributed by atoms with Gasteiger partial charge in [-0.3, -0.25) is 4.79 Å². The van der Waals surface area contributed by atoms with Crippen LogP contribution in [0.5, 0.6) is 0 Å². The van der Waals surface area contributed by atoms with Gasteiger partial charge in [-0.2, -0.15) is 5.26 Å². The van der Waals surface area contributed by atoms with Crippen molar-refractivity contribution < 1.29 is 4.79 Å². The average molecular weight is 397 g/mol. The molecule has 0 unspecified atom stereocenters. The molecule has 0 bridgehead atoms. The predicted octanol–water partition coefficient (Wildman–Crippen LogP) is 6.10. The third-order valence-corrected chi connectivity index (χ3v) is 5.74. The van der Waals surface area contributed by atoms with E-state index >= 15 is 0 Å². The number of nitriles is 1. The van der Waals surface area contributed by atoms with Crippen LogP contribution in [0.1, 0.15) is 4.88 Å². The van der Waals surface area contributed by atoms with Crippen molar-refractivity contribution in [2.45, 2.75) is 9.10 Å². The number of amides is 1. The van der Waals surface area contributed by atoms with Gasteiger partial charge < -0.3 is 5.32 Å². The van der Waals surface area contributed by atoms with Crippen molar-refractivity contribution >= 4 is 52.4 Å². The van der Waals surface area contributed by atoms with Gasteiger partial charge in [0.1, 0.15) is 11.6 Å². The summed E-state index contributed by atoms with van der Waals surface area (Å²) in [4.78, 5) is 14.2. The molecule has 0 saturated heterocycles. The number of benzene rings is 2. The molecule has 2 aromatic carbocycles. The van der Waals surface area contributed by atoms with Gasteiger partial charge in [-0.05, 0) is 54.6 Å². The van der Waals surface area contributed by atoms with Crippen LogP contribution in [-0.2, 0) is 4.79 Å². The molecule has 128 valence electrons. The first-order valence-electron chi connectivity index (χ1n) is 7.65. The third kappa shape index (κ3) is 4.99. The van der Waals surface area contributed by atoms with Gasteiger partial charge >= 0.3 is 0 Å². The fourth-order valence-corrected chi connectivity index (χ4v) is 4.29. The van der Waals surface area contributed by atoms with E-state index in [0.717, 1.165) is 14.0 Å². The standard InChI is InChI=1S/C20H13ClN2OS2/c21-15-6-8-17(9-7-15)25-19-11-10-18(26-19)12-14(13-22)20(24)23-16-4-2-1-3-5-16/h1-12H,(H,23,24)/b14-12-. The van der Waals surface area contributed by atoms with Crippen LogP contribution in [0.25, 0.3) is 6.08 Å². The number of hydrogen-bond acceptors (Lipinski definition) is 4. The van der Waals surface area contributed by atoms with Gasteiger partial charge in [-0.25, -0.2) is 0 Å². The quantitative estimate of drug-likeness (QED) is 0.418. The molecule has 3 aromatic rings. The first kappa shape index (κ1) is 18.3. The summed E-state index contributed by atoms with van der Waals surface area (Å²) < 4.78 is 1.07. The Kier molecular flexibility index (Phi) is 6.13. The summed E-state index contributed by atoms with van der Waals surface area (Å²) in [5.74, 6) is -0.418. The van der Waals surface area contributed by atoms with E-state index in [2.05, 4.69) is 5.32 Å². The maximum atomic E-state index is 12.3. The summed E-state index contributed by atoms with van der Waals surface area (Å²) >= 11 is 9.03. The minimum absolute atomic E-state index is 0.0683. The lowest BCUT2D eigenvalue weighted by Crippen LogP contribution is -2.13. The number of hydrogen-bond donors (Lipinski definition) is 1. The Bertz CT molecular complexity index is 973. The zero-order chi connectivity index (χ0) is 18.4. The molecule has 0 aliphatic rings. The number of carbonyl (C=O) groups excluding carboxylic acids is 1. The molecule has 1 heterocycles. The van der Waals surface area contributed by atoms with E-state index in [1.165, 1.54) is 11.3 Å². The highest BCUT2D eigenvalue weighted by atomic mass is 35.5. The fraction of sp³-hybridized carbons (Fsp3) is 0. The number of para-hydroxylation sites is 1. The maximum Gasteiger partial charge on any atom is 0.266 e. The minimum atomic E-state index is -0.418. The molecule has 0 aliphatic carbocycles. The van der Waals surface area contributed by atoms with Crippen LogP contribution in [0.3, 0.4) is 0 Å². The molecule has 1 N–H and O–H groups in total. The van der Waals surface area contributed by atoms with E-state index in [-0.39, 0.29) is 5.57 Å². The molecule has 0 atom stereocenters. The van der Waals surface area contributed by atoms with Gasteiger partial charge in [-0.1, -0.05) is 41.6 Å². The largest absolute Gasteiger partial charge is 0.321 e. The summed E-state index contributed by atoms with van der Waals surface area (Å²) in [6.45, 7) is 0. The number of nitrogens with one attached hydrogen (secondary N) is 1. The SMILES string of the molecule is N#C/C(=C/c1ccc(Sc2ccc(Cl)cc2)s1)C(=O)Nc1ccccc1. The molecule has 1 amide bonds. The highest BCUT2D eigenvalue weighted by Crippen LogP contribution is 2.34. The van der Waals surface area contributed by atoms with E-state index < -0.39 is 5.91 Å². The van der Waals surface area contributed by atoms with Crippen LogP contribution < -0.4 is 5.32 Å². The number of carbonyl (C=O) groups is 1. The first-order valence-corrected chi connectivity index (χ1v) is 9.66. The minimum Gasteiger partial charge on any atom is -0.321 e. The van der Waals surface area contributed by atoms with Crippen molar-refractivity contribution in [2.24, 2.45) is 0 Å². The van der Waals surface area contributed by atoms with Crippen LogP contribution in [0.2, 0.25) is 5.02 Å². The molecule has 1 aromatic heterocycles. The number of rotatable bonds is 5. The first-order chi connectivity index (χ1) is 12.6. The van der Waals surface area contributed by atoms with Crippen molar-refractivity contribution in [2.75, 3.05) is 5.32 Å². The zero-order valence-electron chi connectivity index (χ0n) is 13.5. The molecular weight excluding hydrogens is 384 g/mol. The van der Waals surface area contributed by atoms with Gasteiger partial charge in [0.05, 0.1) is 4.21 Å². The molecule has 26 heavy (non-hydrogen) atoms. The van der Waals surface area contributed by atoms with Crippen molar-refractivity contribution in [3.63, 3.8) is 0 Å². The Labute approximate surface area is 164 Å². The fourth-order valence-electron chi connectivity index (χ4n) is 2.10. The number of nitrogens with zero attached hydrogens (tertiary/aromatic N) is 1. The second-order valence-electron chi connectivity index (χ2n) is 5.20. The van der Waals surface area contributed by atoms with Crippen LogP contribution >= 0.6 is 34.7 Å². The second-order valence-corrected chi connectivity index (χ2v) is 8.13. The summed E-state index contributed by atoms with van der Waals surface area (Å²) in [6, 6.07) is 22.5. The van der Waals surface area contributed by atoms with E-state index in [9.17, 15) is 10.1 Å². The molecule has 0 fully saturated rings. The summed E-state index contributed by atoms with van der Waals surface area (Å²) in [7, 11) is 0. The van der Waals surface area contributed by atoms with Crippen molar-refractivity contribution in [3.8, 4) is 6.07 Å². The summed E-state index contributed by atoms with van der Waals surface area (Å²) in [5, 5.41) is 12.7. The van der Waals surface area contributed by atoms with Gasteiger partial charge in [0.15, 0.2) is 0 Å². The predicted molar refractivity (Wildman–Crippen MR) is 109 cm³/mol. The monoisotopic (exact) mass is 396 g/mol. The smallest absolute Gasteiger partial charge is 0.266 e. The third-order valence-electron chi connectivity index (χ3n) is 3.32. The summed E-state index contributed by atoms with van der Waals surface area (Å²) in [6.07, 6.45) is 1.61. The van der Waals surface area contributed by atoms with Gasteiger partial charge in [0, 0.05) is 20.5 Å².